The molecule has 0 radical (unpaired) electrons. The number of fused-ring (bicyclic) bond motifs is 1. The van der Waals surface area contributed by atoms with E-state index in [4.69, 9.17) is 11.6 Å². The highest BCUT2D eigenvalue weighted by atomic mass is 35.5. The topological polar surface area (TPSA) is 66.5 Å². The summed E-state index contributed by atoms with van der Waals surface area (Å²) in [6.07, 6.45) is -0.236. The Labute approximate surface area is 146 Å². The van der Waals surface area contributed by atoms with Gasteiger partial charge >= 0.3 is 0 Å². The number of carbonyl (C=O) groups excluding carboxylic acids is 3. The molecule has 128 valence electrons. The molecule has 0 atom stereocenters. The van der Waals surface area contributed by atoms with Gasteiger partial charge in [0.25, 0.3) is 11.8 Å². The van der Waals surface area contributed by atoms with Crippen molar-refractivity contribution in [3.05, 3.63) is 64.2 Å². The predicted molar refractivity (Wildman–Crippen MR) is 86.4 cm³/mol. The van der Waals surface area contributed by atoms with Crippen molar-refractivity contribution in [2.75, 3.05) is 11.9 Å². The number of nitrogens with zero attached hydrogens (tertiary/aromatic N) is 1. The molecule has 0 unspecified atom stereocenters. The molecule has 0 saturated heterocycles. The summed E-state index contributed by atoms with van der Waals surface area (Å²) in [5.41, 5.74) is 0.110. The second-order valence-electron chi connectivity index (χ2n) is 5.35. The van der Waals surface area contributed by atoms with Crippen molar-refractivity contribution in [1.82, 2.24) is 4.90 Å². The quantitative estimate of drug-likeness (QED) is 0.847. The van der Waals surface area contributed by atoms with Crippen LogP contribution in [0, 0.1) is 11.6 Å². The molecule has 25 heavy (non-hydrogen) atoms. The molecule has 0 fully saturated rings. The Balaban J connectivity index is 1.66. The standard InChI is InChI=1S/C17H11ClF2N2O3/c18-11-3-1-2-10-15(11)17(25)22(16(10)24)7-6-14(23)21-13-5-4-9(19)8-12(13)20/h1-5,8H,6-7H2,(H,21,23). The van der Waals surface area contributed by atoms with Crippen molar-refractivity contribution in [3.63, 3.8) is 0 Å². The van der Waals surface area contributed by atoms with Crippen LogP contribution in [0.3, 0.4) is 0 Å². The van der Waals surface area contributed by atoms with E-state index >= 15 is 0 Å². The first-order chi connectivity index (χ1) is 11.9. The Bertz CT molecular complexity index is 901. The minimum Gasteiger partial charge on any atom is -0.324 e. The van der Waals surface area contributed by atoms with E-state index in [0.29, 0.717) is 6.07 Å². The summed E-state index contributed by atoms with van der Waals surface area (Å²) in [5.74, 6) is -3.41. The van der Waals surface area contributed by atoms with Crippen LogP contribution in [0.25, 0.3) is 0 Å². The molecule has 0 saturated carbocycles. The lowest BCUT2D eigenvalue weighted by Crippen LogP contribution is -2.33. The van der Waals surface area contributed by atoms with Crippen LogP contribution in [-0.4, -0.2) is 29.2 Å². The number of nitrogens with one attached hydrogen (secondary N) is 1. The van der Waals surface area contributed by atoms with Crippen molar-refractivity contribution in [2.24, 2.45) is 0 Å². The fourth-order valence-electron chi connectivity index (χ4n) is 2.51. The smallest absolute Gasteiger partial charge is 0.263 e. The van der Waals surface area contributed by atoms with E-state index in [0.717, 1.165) is 17.0 Å². The number of amides is 3. The van der Waals surface area contributed by atoms with Crippen molar-refractivity contribution in [3.8, 4) is 0 Å². The van der Waals surface area contributed by atoms with Crippen molar-refractivity contribution >= 4 is 35.0 Å². The predicted octanol–water partition coefficient (Wildman–Crippen LogP) is 3.24. The van der Waals surface area contributed by atoms with Gasteiger partial charge in [-0.15, -0.1) is 0 Å². The van der Waals surface area contributed by atoms with Gasteiger partial charge in [-0.3, -0.25) is 19.3 Å². The lowest BCUT2D eigenvalue weighted by molar-refractivity contribution is -0.116. The molecule has 3 rings (SSSR count). The van der Waals surface area contributed by atoms with Crippen LogP contribution in [0.2, 0.25) is 5.02 Å². The van der Waals surface area contributed by atoms with Crippen LogP contribution in [-0.2, 0) is 4.79 Å². The van der Waals surface area contributed by atoms with E-state index < -0.39 is 29.4 Å². The van der Waals surface area contributed by atoms with Gasteiger partial charge in [-0.2, -0.15) is 0 Å². The van der Waals surface area contributed by atoms with E-state index in [1.165, 1.54) is 12.1 Å². The van der Waals surface area contributed by atoms with Crippen LogP contribution in [0.5, 0.6) is 0 Å². The number of halogens is 3. The molecule has 8 heteroatoms. The maximum absolute atomic E-state index is 13.5. The summed E-state index contributed by atoms with van der Waals surface area (Å²) in [5, 5.41) is 2.43. The number of hydrogen-bond acceptors (Lipinski definition) is 3. The van der Waals surface area contributed by atoms with Gasteiger partial charge in [-0.25, -0.2) is 8.78 Å². The van der Waals surface area contributed by atoms with Crippen molar-refractivity contribution in [1.29, 1.82) is 0 Å². The Morgan fingerprint density at radius 3 is 2.56 bits per heavy atom. The van der Waals surface area contributed by atoms with Gasteiger partial charge in [-0.05, 0) is 24.3 Å². The Hall–Kier alpha value is -2.80. The maximum atomic E-state index is 13.5. The molecular weight excluding hydrogens is 354 g/mol. The Morgan fingerprint density at radius 2 is 1.88 bits per heavy atom. The van der Waals surface area contributed by atoms with Gasteiger partial charge in [-0.1, -0.05) is 17.7 Å². The van der Waals surface area contributed by atoms with Gasteiger partial charge < -0.3 is 5.32 Å². The van der Waals surface area contributed by atoms with E-state index in [1.807, 2.05) is 0 Å². The first-order valence-corrected chi connectivity index (χ1v) is 7.66. The zero-order chi connectivity index (χ0) is 18.1. The summed E-state index contributed by atoms with van der Waals surface area (Å²) in [6.45, 7) is -0.183. The summed E-state index contributed by atoms with van der Waals surface area (Å²) >= 11 is 5.94. The van der Waals surface area contributed by atoms with Gasteiger partial charge in [0, 0.05) is 19.0 Å². The van der Waals surface area contributed by atoms with Crippen LogP contribution in [0.1, 0.15) is 27.1 Å². The zero-order valence-electron chi connectivity index (χ0n) is 12.7. The van der Waals surface area contributed by atoms with Gasteiger partial charge in [0.05, 0.1) is 21.8 Å². The van der Waals surface area contributed by atoms with Crippen LogP contribution in [0.15, 0.2) is 36.4 Å². The summed E-state index contributed by atoms with van der Waals surface area (Å²) in [6, 6.07) is 7.27. The average molecular weight is 365 g/mol. The number of carbonyl (C=O) groups is 3. The minimum atomic E-state index is -0.916. The van der Waals surface area contributed by atoms with Crippen LogP contribution >= 0.6 is 11.6 Å². The molecule has 1 N–H and O–H groups in total. The van der Waals surface area contributed by atoms with E-state index in [2.05, 4.69) is 5.32 Å². The minimum absolute atomic E-state index is 0.110. The molecule has 0 aromatic heterocycles. The SMILES string of the molecule is O=C(CCN1C(=O)c2cccc(Cl)c2C1=O)Nc1ccc(F)cc1F. The molecule has 3 amide bonds. The number of rotatable bonds is 4. The highest BCUT2D eigenvalue weighted by Crippen LogP contribution is 2.29. The zero-order valence-corrected chi connectivity index (χ0v) is 13.4. The highest BCUT2D eigenvalue weighted by molar-refractivity contribution is 6.37. The molecule has 1 heterocycles. The number of anilines is 1. The number of hydrogen-bond donors (Lipinski definition) is 1. The molecule has 0 spiro atoms. The number of benzene rings is 2. The van der Waals surface area contributed by atoms with E-state index in [1.54, 1.807) is 6.07 Å². The van der Waals surface area contributed by atoms with Crippen LogP contribution in [0.4, 0.5) is 14.5 Å². The third-order valence-electron chi connectivity index (χ3n) is 3.72. The van der Waals surface area contributed by atoms with E-state index in [9.17, 15) is 23.2 Å². The van der Waals surface area contributed by atoms with Gasteiger partial charge in [0.2, 0.25) is 5.91 Å². The fourth-order valence-corrected chi connectivity index (χ4v) is 2.77. The summed E-state index contributed by atoms with van der Waals surface area (Å²) in [7, 11) is 0. The van der Waals surface area contributed by atoms with Crippen molar-refractivity contribution < 1.29 is 23.2 Å². The van der Waals surface area contributed by atoms with Crippen molar-refractivity contribution in [2.45, 2.75) is 6.42 Å². The van der Waals surface area contributed by atoms with E-state index in [-0.39, 0.29) is 34.8 Å². The monoisotopic (exact) mass is 364 g/mol. The first kappa shape index (κ1) is 17.0. The molecular formula is C17H11ClF2N2O3. The lowest BCUT2D eigenvalue weighted by Gasteiger charge is -2.13. The van der Waals surface area contributed by atoms with Gasteiger partial charge in [0.15, 0.2) is 0 Å². The summed E-state index contributed by atoms with van der Waals surface area (Å²) in [4.78, 5) is 37.3. The first-order valence-electron chi connectivity index (χ1n) is 7.28. The normalized spacial score (nSPS) is 13.2. The highest BCUT2D eigenvalue weighted by Gasteiger charge is 2.37. The third-order valence-corrected chi connectivity index (χ3v) is 4.03. The van der Waals surface area contributed by atoms with Gasteiger partial charge in [0.1, 0.15) is 11.6 Å². The molecule has 5 nitrogen and oxygen atoms in total. The summed E-state index contributed by atoms with van der Waals surface area (Å²) < 4.78 is 26.4. The van der Waals surface area contributed by atoms with Crippen LogP contribution < -0.4 is 5.32 Å². The maximum Gasteiger partial charge on any atom is 0.263 e. The largest absolute Gasteiger partial charge is 0.324 e. The molecule has 2 aromatic carbocycles. The average Bonchev–Trinajstić information content (AvgIpc) is 2.80. The Kier molecular flexibility index (Phi) is 4.50. The Morgan fingerprint density at radius 1 is 1.12 bits per heavy atom. The second kappa shape index (κ2) is 6.60. The number of imide groups is 1. The molecule has 0 aliphatic carbocycles. The third kappa shape index (κ3) is 3.23. The molecule has 1 aliphatic heterocycles. The molecule has 2 aromatic rings. The molecule has 0 bridgehead atoms. The fraction of sp³-hybridized carbons (Fsp3) is 0.118. The lowest BCUT2D eigenvalue weighted by atomic mass is 10.1. The molecule has 1 aliphatic rings. The second-order valence-corrected chi connectivity index (χ2v) is 5.75.